The van der Waals surface area contributed by atoms with Gasteiger partial charge in [0.2, 0.25) is 0 Å². The summed E-state index contributed by atoms with van der Waals surface area (Å²) in [7, 11) is 4.14. The molecule has 0 aliphatic heterocycles. The lowest BCUT2D eigenvalue weighted by atomic mass is 9.96. The smallest absolute Gasteiger partial charge is 0.145 e. The molecule has 0 saturated heterocycles. The maximum Gasteiger partial charge on any atom is 0.145 e. The van der Waals surface area contributed by atoms with E-state index in [-0.39, 0.29) is 5.41 Å². The molecule has 0 aliphatic rings. The Morgan fingerprint density at radius 2 is 1.84 bits per heavy atom. The molecule has 19 heavy (non-hydrogen) atoms. The lowest BCUT2D eigenvalue weighted by molar-refractivity contribution is 0.405. The Kier molecular flexibility index (Phi) is 5.50. The van der Waals surface area contributed by atoms with Gasteiger partial charge in [0, 0.05) is 18.0 Å². The van der Waals surface area contributed by atoms with E-state index in [1.165, 1.54) is 0 Å². The highest BCUT2D eigenvalue weighted by Gasteiger charge is 2.18. The Morgan fingerprint density at radius 3 is 2.37 bits per heavy atom. The highest BCUT2D eigenvalue weighted by molar-refractivity contribution is 5.47. The van der Waals surface area contributed by atoms with Crippen molar-refractivity contribution in [2.45, 2.75) is 32.6 Å². The zero-order chi connectivity index (χ0) is 14.5. The van der Waals surface area contributed by atoms with Crippen LogP contribution in [0.2, 0.25) is 0 Å². The van der Waals surface area contributed by atoms with Gasteiger partial charge in [0.15, 0.2) is 0 Å². The summed E-state index contributed by atoms with van der Waals surface area (Å²) >= 11 is 0. The first-order chi connectivity index (χ1) is 8.82. The second-order valence-corrected chi connectivity index (χ2v) is 5.94. The number of nitrogens with zero attached hydrogens (tertiary/aromatic N) is 3. The molecule has 0 atom stereocenters. The van der Waals surface area contributed by atoms with Crippen molar-refractivity contribution in [2.24, 2.45) is 5.84 Å². The number of hydrazine groups is 1. The van der Waals surface area contributed by atoms with Gasteiger partial charge < -0.3 is 15.6 Å². The Hall–Kier alpha value is -1.40. The minimum absolute atomic E-state index is 0.104. The van der Waals surface area contributed by atoms with Gasteiger partial charge >= 0.3 is 0 Å². The summed E-state index contributed by atoms with van der Waals surface area (Å²) in [6.07, 6.45) is 1.06. The van der Waals surface area contributed by atoms with Gasteiger partial charge in [-0.25, -0.2) is 15.8 Å². The number of nitrogens with two attached hydrogens (primary N) is 1. The summed E-state index contributed by atoms with van der Waals surface area (Å²) in [6, 6.07) is 1.82. The second-order valence-electron chi connectivity index (χ2n) is 5.94. The fraction of sp³-hybridized carbons (Fsp3) is 0.692. The van der Waals surface area contributed by atoms with E-state index in [1.807, 2.05) is 6.07 Å². The van der Waals surface area contributed by atoms with Crippen molar-refractivity contribution >= 4 is 11.6 Å². The summed E-state index contributed by atoms with van der Waals surface area (Å²) in [5.41, 5.74) is 2.48. The van der Waals surface area contributed by atoms with Crippen molar-refractivity contribution in [2.75, 3.05) is 37.9 Å². The van der Waals surface area contributed by atoms with Crippen molar-refractivity contribution in [3.8, 4) is 0 Å². The van der Waals surface area contributed by atoms with Crippen LogP contribution >= 0.6 is 0 Å². The third-order valence-corrected chi connectivity index (χ3v) is 2.63. The van der Waals surface area contributed by atoms with Crippen LogP contribution in [0, 0.1) is 0 Å². The molecule has 0 unspecified atom stereocenters. The average Bonchev–Trinajstić information content (AvgIpc) is 2.33. The fourth-order valence-corrected chi connectivity index (χ4v) is 1.56. The first-order valence-electron chi connectivity index (χ1n) is 6.57. The molecule has 0 fully saturated rings. The normalized spacial score (nSPS) is 11.7. The van der Waals surface area contributed by atoms with E-state index < -0.39 is 0 Å². The van der Waals surface area contributed by atoms with Crippen molar-refractivity contribution in [3.63, 3.8) is 0 Å². The van der Waals surface area contributed by atoms with Crippen LogP contribution in [-0.4, -0.2) is 42.1 Å². The maximum atomic E-state index is 5.45. The van der Waals surface area contributed by atoms with Crippen LogP contribution in [0.4, 0.5) is 11.6 Å². The van der Waals surface area contributed by atoms with Crippen molar-refractivity contribution in [1.82, 2.24) is 14.9 Å². The van der Waals surface area contributed by atoms with E-state index >= 15 is 0 Å². The SMILES string of the molecule is CN(C)CCCNc1cc(NN)nc(C(C)(C)C)n1. The van der Waals surface area contributed by atoms with Crippen LogP contribution < -0.4 is 16.6 Å². The number of anilines is 2. The molecule has 0 amide bonds. The number of aromatic nitrogens is 2. The standard InChI is InChI=1S/C13H26N6/c1-13(2,3)12-16-10(9-11(17-12)18-14)15-7-6-8-19(4)5/h9H,6-8,14H2,1-5H3,(H2,15,16,17,18). The van der Waals surface area contributed by atoms with Gasteiger partial charge in [0.1, 0.15) is 17.5 Å². The molecule has 108 valence electrons. The molecule has 0 aromatic carbocycles. The Balaban J connectivity index is 2.72. The van der Waals surface area contributed by atoms with Gasteiger partial charge in [-0.1, -0.05) is 20.8 Å². The van der Waals surface area contributed by atoms with Crippen molar-refractivity contribution in [3.05, 3.63) is 11.9 Å². The Bertz CT molecular complexity index is 397. The molecule has 0 spiro atoms. The van der Waals surface area contributed by atoms with Crippen LogP contribution in [0.3, 0.4) is 0 Å². The largest absolute Gasteiger partial charge is 0.370 e. The summed E-state index contributed by atoms with van der Waals surface area (Å²) in [4.78, 5) is 11.1. The molecule has 0 aliphatic carbocycles. The monoisotopic (exact) mass is 266 g/mol. The topological polar surface area (TPSA) is 79.1 Å². The molecule has 4 N–H and O–H groups in total. The molecular weight excluding hydrogens is 240 g/mol. The van der Waals surface area contributed by atoms with Gasteiger partial charge in [-0.2, -0.15) is 0 Å². The minimum Gasteiger partial charge on any atom is -0.370 e. The molecule has 1 rings (SSSR count). The number of nitrogen functional groups attached to an aromatic ring is 1. The summed E-state index contributed by atoms with van der Waals surface area (Å²) < 4.78 is 0. The molecule has 0 radical (unpaired) electrons. The average molecular weight is 266 g/mol. The summed E-state index contributed by atoms with van der Waals surface area (Å²) in [5.74, 6) is 7.67. The molecule has 0 bridgehead atoms. The first kappa shape index (κ1) is 15.7. The predicted octanol–water partition coefficient (Wildman–Crippen LogP) is 1.42. The molecular formula is C13H26N6. The van der Waals surface area contributed by atoms with E-state index in [0.29, 0.717) is 5.82 Å². The van der Waals surface area contributed by atoms with Gasteiger partial charge in [-0.3, -0.25) is 0 Å². The van der Waals surface area contributed by atoms with Crippen molar-refractivity contribution < 1.29 is 0 Å². The Morgan fingerprint density at radius 1 is 1.21 bits per heavy atom. The molecule has 6 nitrogen and oxygen atoms in total. The minimum atomic E-state index is -0.104. The lowest BCUT2D eigenvalue weighted by Crippen LogP contribution is -2.21. The van der Waals surface area contributed by atoms with Gasteiger partial charge in [-0.15, -0.1) is 0 Å². The van der Waals surface area contributed by atoms with E-state index in [1.54, 1.807) is 0 Å². The van der Waals surface area contributed by atoms with Gasteiger partial charge in [-0.05, 0) is 27.1 Å². The number of hydrogen-bond donors (Lipinski definition) is 3. The Labute approximate surface area is 115 Å². The van der Waals surface area contributed by atoms with E-state index in [4.69, 9.17) is 5.84 Å². The van der Waals surface area contributed by atoms with Crippen LogP contribution in [-0.2, 0) is 5.41 Å². The highest BCUT2D eigenvalue weighted by atomic mass is 15.3. The third-order valence-electron chi connectivity index (χ3n) is 2.63. The second kappa shape index (κ2) is 6.68. The quantitative estimate of drug-likeness (QED) is 0.410. The number of rotatable bonds is 6. The zero-order valence-corrected chi connectivity index (χ0v) is 12.6. The zero-order valence-electron chi connectivity index (χ0n) is 12.6. The van der Waals surface area contributed by atoms with Crippen LogP contribution in [0.5, 0.6) is 0 Å². The summed E-state index contributed by atoms with van der Waals surface area (Å²) in [5, 5.41) is 3.31. The van der Waals surface area contributed by atoms with Crippen LogP contribution in [0.25, 0.3) is 0 Å². The summed E-state index contributed by atoms with van der Waals surface area (Å²) in [6.45, 7) is 8.17. The van der Waals surface area contributed by atoms with E-state index in [0.717, 1.165) is 31.2 Å². The van der Waals surface area contributed by atoms with E-state index in [2.05, 4.69) is 60.5 Å². The number of nitrogens with one attached hydrogen (secondary N) is 2. The fourth-order valence-electron chi connectivity index (χ4n) is 1.56. The number of hydrogen-bond acceptors (Lipinski definition) is 6. The lowest BCUT2D eigenvalue weighted by Gasteiger charge is -2.19. The van der Waals surface area contributed by atoms with Gasteiger partial charge in [0.05, 0.1) is 0 Å². The van der Waals surface area contributed by atoms with E-state index in [9.17, 15) is 0 Å². The third kappa shape index (κ3) is 5.40. The first-order valence-corrected chi connectivity index (χ1v) is 6.57. The predicted molar refractivity (Wildman–Crippen MR) is 80.2 cm³/mol. The van der Waals surface area contributed by atoms with Crippen LogP contribution in [0.1, 0.15) is 33.0 Å². The maximum absolute atomic E-state index is 5.45. The van der Waals surface area contributed by atoms with Crippen molar-refractivity contribution in [1.29, 1.82) is 0 Å². The van der Waals surface area contributed by atoms with Gasteiger partial charge in [0.25, 0.3) is 0 Å². The molecule has 6 heteroatoms. The van der Waals surface area contributed by atoms with Crippen LogP contribution in [0.15, 0.2) is 6.07 Å². The molecule has 0 saturated carbocycles. The molecule has 1 aromatic rings. The molecule has 1 aromatic heterocycles. The molecule has 1 heterocycles. The highest BCUT2D eigenvalue weighted by Crippen LogP contribution is 2.21.